The standard InChI is InChI=1S/C27H30F2N4O5/c1-5-18(35)31-9-10-32-15(11-31)12-38-23-20(25(32)36)24(33-14-27(4,37)13-26(33,2)3)30-22(21(23)29)19-16(28)7-6-8-17(19)34/h5-8,15,34,37H,1,9-14H2,2-4H3/t15-,27-/m1/s1. The van der Waals surface area contributed by atoms with Crippen molar-refractivity contribution in [3.8, 4) is 22.8 Å². The first-order valence-corrected chi connectivity index (χ1v) is 12.4. The van der Waals surface area contributed by atoms with Crippen molar-refractivity contribution in [2.24, 2.45) is 0 Å². The zero-order valence-electron chi connectivity index (χ0n) is 21.5. The highest BCUT2D eigenvalue weighted by molar-refractivity contribution is 6.03. The zero-order chi connectivity index (χ0) is 27.6. The number of pyridine rings is 1. The van der Waals surface area contributed by atoms with Gasteiger partial charge in [-0.25, -0.2) is 13.8 Å². The topological polar surface area (TPSA) is 106 Å². The Morgan fingerprint density at radius 2 is 1.97 bits per heavy atom. The van der Waals surface area contributed by atoms with Gasteiger partial charge in [0.15, 0.2) is 11.6 Å². The highest BCUT2D eigenvalue weighted by Crippen LogP contribution is 2.46. The maximum atomic E-state index is 16.1. The van der Waals surface area contributed by atoms with Gasteiger partial charge < -0.3 is 29.6 Å². The number of phenolic OH excluding ortho intramolecular Hbond substituents is 1. The molecule has 1 aromatic heterocycles. The minimum atomic E-state index is -1.14. The SMILES string of the molecule is C=CC(=O)N1CCN2C(=O)c3c(N4C[C@](C)(O)CC4(C)C)nc(-c4c(O)cccc4F)c(F)c3OC[C@H]2C1. The first-order chi connectivity index (χ1) is 17.8. The van der Waals surface area contributed by atoms with Crippen molar-refractivity contribution in [1.29, 1.82) is 0 Å². The normalized spacial score (nSPS) is 24.4. The third kappa shape index (κ3) is 4.14. The number of ether oxygens (including phenoxy) is 1. The van der Waals surface area contributed by atoms with E-state index in [0.717, 1.165) is 6.07 Å². The maximum Gasteiger partial charge on any atom is 0.262 e. The monoisotopic (exact) mass is 528 g/mol. The Labute approximate surface area is 218 Å². The first-order valence-electron chi connectivity index (χ1n) is 12.4. The van der Waals surface area contributed by atoms with Crippen LogP contribution in [0.4, 0.5) is 14.6 Å². The Hall–Kier alpha value is -3.73. The quantitative estimate of drug-likeness (QED) is 0.590. The van der Waals surface area contributed by atoms with Crippen molar-refractivity contribution in [3.05, 3.63) is 48.1 Å². The van der Waals surface area contributed by atoms with E-state index in [0.29, 0.717) is 6.42 Å². The number of aliphatic hydroxyl groups is 1. The fourth-order valence-electron chi connectivity index (χ4n) is 5.88. The van der Waals surface area contributed by atoms with E-state index in [-0.39, 0.29) is 50.1 Å². The number of hydrogen-bond acceptors (Lipinski definition) is 7. The van der Waals surface area contributed by atoms with Crippen LogP contribution >= 0.6 is 0 Å². The van der Waals surface area contributed by atoms with Crippen LogP contribution < -0.4 is 9.64 Å². The molecule has 38 heavy (non-hydrogen) atoms. The second-order valence-corrected chi connectivity index (χ2v) is 11.0. The predicted octanol–water partition coefficient (Wildman–Crippen LogP) is 2.70. The van der Waals surface area contributed by atoms with E-state index in [2.05, 4.69) is 11.6 Å². The molecule has 0 bridgehead atoms. The molecule has 5 rings (SSSR count). The maximum absolute atomic E-state index is 16.1. The lowest BCUT2D eigenvalue weighted by Gasteiger charge is -2.40. The highest BCUT2D eigenvalue weighted by atomic mass is 19.1. The molecule has 2 amide bonds. The number of phenols is 1. The van der Waals surface area contributed by atoms with Crippen molar-refractivity contribution in [3.63, 3.8) is 0 Å². The molecule has 0 saturated carbocycles. The van der Waals surface area contributed by atoms with Gasteiger partial charge in [-0.2, -0.15) is 0 Å². The Bertz CT molecular complexity index is 1320. The molecule has 2 fully saturated rings. The summed E-state index contributed by atoms with van der Waals surface area (Å²) in [7, 11) is 0. The number of anilines is 1. The summed E-state index contributed by atoms with van der Waals surface area (Å²) < 4.78 is 36.9. The van der Waals surface area contributed by atoms with Gasteiger partial charge in [0, 0.05) is 38.1 Å². The largest absolute Gasteiger partial charge is 0.507 e. The molecule has 11 heteroatoms. The number of β-amino-alcohol motifs (C(OH)–C–C–N with tert-alkyl or cyclic N) is 1. The van der Waals surface area contributed by atoms with E-state index in [1.165, 1.54) is 23.1 Å². The van der Waals surface area contributed by atoms with Gasteiger partial charge in [0.25, 0.3) is 5.91 Å². The highest BCUT2D eigenvalue weighted by Gasteiger charge is 2.49. The summed E-state index contributed by atoms with van der Waals surface area (Å²) in [6.07, 6.45) is 1.52. The first kappa shape index (κ1) is 25.9. The molecule has 9 nitrogen and oxygen atoms in total. The van der Waals surface area contributed by atoms with Crippen LogP contribution in [0.3, 0.4) is 0 Å². The molecular formula is C27H30F2N4O5. The molecule has 1 aromatic carbocycles. The predicted molar refractivity (Wildman–Crippen MR) is 135 cm³/mol. The third-order valence-corrected chi connectivity index (χ3v) is 7.47. The lowest BCUT2D eigenvalue weighted by atomic mass is 9.94. The zero-order valence-corrected chi connectivity index (χ0v) is 21.5. The number of amides is 2. The van der Waals surface area contributed by atoms with Crippen LogP contribution in [0.1, 0.15) is 37.6 Å². The second kappa shape index (κ2) is 8.93. The molecule has 2 atom stereocenters. The number of hydrogen-bond donors (Lipinski definition) is 2. The van der Waals surface area contributed by atoms with Crippen molar-refractivity contribution < 1.29 is 33.3 Å². The molecule has 0 aliphatic carbocycles. The summed E-state index contributed by atoms with van der Waals surface area (Å²) >= 11 is 0. The molecule has 2 aromatic rings. The summed E-state index contributed by atoms with van der Waals surface area (Å²) in [6.45, 7) is 9.45. The van der Waals surface area contributed by atoms with Crippen molar-refractivity contribution in [1.82, 2.24) is 14.8 Å². The smallest absolute Gasteiger partial charge is 0.262 e. The van der Waals surface area contributed by atoms with Gasteiger partial charge >= 0.3 is 0 Å². The number of rotatable bonds is 3. The summed E-state index contributed by atoms with van der Waals surface area (Å²) in [5.41, 5.74) is -2.96. The number of halogens is 2. The van der Waals surface area contributed by atoms with E-state index < -0.39 is 57.5 Å². The summed E-state index contributed by atoms with van der Waals surface area (Å²) in [6, 6.07) is 3.00. The summed E-state index contributed by atoms with van der Waals surface area (Å²) in [5.74, 6) is -3.71. The molecule has 0 unspecified atom stereocenters. The van der Waals surface area contributed by atoms with Gasteiger partial charge in [0.2, 0.25) is 5.91 Å². The van der Waals surface area contributed by atoms with E-state index in [1.54, 1.807) is 16.7 Å². The van der Waals surface area contributed by atoms with Gasteiger partial charge in [0.05, 0.1) is 17.2 Å². The Morgan fingerprint density at radius 1 is 1.24 bits per heavy atom. The number of carbonyl (C=O) groups excluding carboxylic acids is 2. The molecule has 0 spiro atoms. The van der Waals surface area contributed by atoms with Gasteiger partial charge in [-0.1, -0.05) is 12.6 Å². The van der Waals surface area contributed by atoms with Gasteiger partial charge in [0.1, 0.15) is 35.2 Å². The van der Waals surface area contributed by atoms with E-state index in [4.69, 9.17) is 4.74 Å². The van der Waals surface area contributed by atoms with Crippen LogP contribution in [0, 0.1) is 11.6 Å². The van der Waals surface area contributed by atoms with Crippen LogP contribution in [0.5, 0.6) is 11.5 Å². The van der Waals surface area contributed by atoms with Crippen molar-refractivity contribution in [2.75, 3.05) is 37.7 Å². The van der Waals surface area contributed by atoms with Crippen molar-refractivity contribution in [2.45, 2.75) is 44.4 Å². The van der Waals surface area contributed by atoms with Crippen LogP contribution in [-0.4, -0.2) is 86.8 Å². The average Bonchev–Trinajstić information content (AvgIpc) is 2.98. The Kier molecular flexibility index (Phi) is 6.09. The number of aromatic hydroxyl groups is 1. The molecular weight excluding hydrogens is 498 g/mol. The molecule has 202 valence electrons. The number of piperazine rings is 1. The molecule has 3 aliphatic heterocycles. The van der Waals surface area contributed by atoms with Crippen molar-refractivity contribution >= 4 is 17.6 Å². The lowest BCUT2D eigenvalue weighted by molar-refractivity contribution is -0.128. The van der Waals surface area contributed by atoms with Crippen LogP contribution in [0.25, 0.3) is 11.3 Å². The van der Waals surface area contributed by atoms with Gasteiger partial charge in [-0.3, -0.25) is 9.59 Å². The third-order valence-electron chi connectivity index (χ3n) is 7.47. The average molecular weight is 529 g/mol. The number of fused-ring (bicyclic) bond motifs is 2. The van der Waals surface area contributed by atoms with Crippen LogP contribution in [-0.2, 0) is 4.79 Å². The number of aromatic nitrogens is 1. The number of benzene rings is 1. The second-order valence-electron chi connectivity index (χ2n) is 11.0. The minimum Gasteiger partial charge on any atom is -0.507 e. The van der Waals surface area contributed by atoms with Crippen LogP contribution in [0.15, 0.2) is 30.9 Å². The van der Waals surface area contributed by atoms with E-state index >= 15 is 4.39 Å². The molecule has 0 radical (unpaired) electrons. The molecule has 2 N–H and O–H groups in total. The summed E-state index contributed by atoms with van der Waals surface area (Å²) in [4.78, 5) is 35.4. The van der Waals surface area contributed by atoms with E-state index in [9.17, 15) is 24.2 Å². The summed E-state index contributed by atoms with van der Waals surface area (Å²) in [5, 5.41) is 21.3. The van der Waals surface area contributed by atoms with Crippen LogP contribution in [0.2, 0.25) is 0 Å². The molecule has 4 heterocycles. The molecule has 2 saturated heterocycles. The minimum absolute atomic E-state index is 0.0251. The fourth-order valence-corrected chi connectivity index (χ4v) is 5.88. The number of carbonyl (C=O) groups is 2. The van der Waals surface area contributed by atoms with Gasteiger partial charge in [-0.15, -0.1) is 0 Å². The van der Waals surface area contributed by atoms with E-state index in [1.807, 2.05) is 13.8 Å². The fraction of sp³-hybridized carbons (Fsp3) is 0.444. The lowest BCUT2D eigenvalue weighted by Crippen LogP contribution is -2.57. The Balaban J connectivity index is 1.71. The number of nitrogens with zero attached hydrogens (tertiary/aromatic N) is 4. The van der Waals surface area contributed by atoms with Gasteiger partial charge in [-0.05, 0) is 39.0 Å². The Morgan fingerprint density at radius 3 is 2.61 bits per heavy atom. The molecule has 3 aliphatic rings.